The van der Waals surface area contributed by atoms with Crippen molar-refractivity contribution in [3.8, 4) is 0 Å². The Labute approximate surface area is 160 Å². The van der Waals surface area contributed by atoms with Gasteiger partial charge in [-0.25, -0.2) is 8.42 Å². The van der Waals surface area contributed by atoms with Gasteiger partial charge in [0.05, 0.1) is 36.9 Å². The average molecular weight is 391 g/mol. The molecule has 0 unspecified atom stereocenters. The van der Waals surface area contributed by atoms with Gasteiger partial charge >= 0.3 is 0 Å². The summed E-state index contributed by atoms with van der Waals surface area (Å²) >= 11 is 0. The second-order valence-corrected chi connectivity index (χ2v) is 8.68. The van der Waals surface area contributed by atoms with Crippen molar-refractivity contribution in [1.29, 1.82) is 0 Å². The number of aliphatic hydroxyl groups is 1. The number of hydrogen-bond donors (Lipinski definition) is 1. The maximum Gasteiger partial charge on any atom is 0.243 e. The summed E-state index contributed by atoms with van der Waals surface area (Å²) in [7, 11) is -3.71. The van der Waals surface area contributed by atoms with Crippen LogP contribution in [0.3, 0.4) is 0 Å². The molecule has 2 atom stereocenters. The summed E-state index contributed by atoms with van der Waals surface area (Å²) in [5.41, 5.74) is 2.02. The predicted molar refractivity (Wildman–Crippen MR) is 102 cm³/mol. The van der Waals surface area contributed by atoms with Gasteiger partial charge < -0.3 is 14.6 Å². The molecule has 0 spiro atoms. The largest absolute Gasteiger partial charge is 0.389 e. The topological polar surface area (TPSA) is 76.1 Å². The van der Waals surface area contributed by atoms with E-state index in [0.717, 1.165) is 11.1 Å². The summed E-state index contributed by atoms with van der Waals surface area (Å²) in [5.74, 6) is 0. The molecule has 2 aromatic rings. The van der Waals surface area contributed by atoms with Gasteiger partial charge in [-0.1, -0.05) is 48.0 Å². The highest BCUT2D eigenvalue weighted by atomic mass is 32.2. The van der Waals surface area contributed by atoms with E-state index in [1.807, 2.05) is 37.3 Å². The number of aliphatic hydroxyl groups excluding tert-OH is 1. The van der Waals surface area contributed by atoms with E-state index in [4.69, 9.17) is 9.47 Å². The maximum atomic E-state index is 13.0. The van der Waals surface area contributed by atoms with Crippen LogP contribution in [-0.2, 0) is 26.1 Å². The highest BCUT2D eigenvalue weighted by Crippen LogP contribution is 2.20. The number of ether oxygens (including phenoxy) is 2. The molecular weight excluding hydrogens is 366 g/mol. The zero-order valence-corrected chi connectivity index (χ0v) is 16.1. The number of hydrogen-bond acceptors (Lipinski definition) is 5. The van der Waals surface area contributed by atoms with Gasteiger partial charge in [0.2, 0.25) is 10.0 Å². The lowest BCUT2D eigenvalue weighted by Crippen LogP contribution is -2.40. The van der Waals surface area contributed by atoms with Crippen molar-refractivity contribution in [3.05, 3.63) is 65.7 Å². The monoisotopic (exact) mass is 391 g/mol. The molecule has 1 fully saturated rings. The second kappa shape index (κ2) is 8.95. The minimum Gasteiger partial charge on any atom is -0.389 e. The van der Waals surface area contributed by atoms with Gasteiger partial charge in [-0.2, -0.15) is 4.31 Å². The second-order valence-electron chi connectivity index (χ2n) is 6.74. The van der Waals surface area contributed by atoms with Crippen molar-refractivity contribution in [3.63, 3.8) is 0 Å². The molecule has 7 heteroatoms. The van der Waals surface area contributed by atoms with E-state index in [1.54, 1.807) is 24.3 Å². The van der Waals surface area contributed by atoms with Crippen LogP contribution in [0.5, 0.6) is 0 Å². The number of rotatable bonds is 6. The fourth-order valence-electron chi connectivity index (χ4n) is 2.93. The van der Waals surface area contributed by atoms with Crippen molar-refractivity contribution in [2.75, 3.05) is 26.3 Å². The molecule has 0 amide bonds. The van der Waals surface area contributed by atoms with E-state index in [-0.39, 0.29) is 31.2 Å². The first kappa shape index (κ1) is 20.0. The van der Waals surface area contributed by atoms with Crippen molar-refractivity contribution in [1.82, 2.24) is 4.31 Å². The standard InChI is InChI=1S/C20H25NO5S/c1-16-7-9-20(10-8-16)27(23,24)21-11-18(22)14-26-19(12-21)15-25-13-17-5-3-2-4-6-17/h2-10,18-19,22H,11-15H2,1H3/t18-,19+/m1/s1. The molecule has 0 aromatic heterocycles. The molecule has 27 heavy (non-hydrogen) atoms. The first-order valence-electron chi connectivity index (χ1n) is 8.93. The van der Waals surface area contributed by atoms with Gasteiger partial charge in [-0.15, -0.1) is 0 Å². The third-order valence-corrected chi connectivity index (χ3v) is 6.27. The Morgan fingerprint density at radius 2 is 1.81 bits per heavy atom. The van der Waals surface area contributed by atoms with Crippen LogP contribution >= 0.6 is 0 Å². The lowest BCUT2D eigenvalue weighted by molar-refractivity contribution is -0.0359. The third kappa shape index (κ3) is 5.37. The van der Waals surface area contributed by atoms with Crippen LogP contribution in [0.1, 0.15) is 11.1 Å². The van der Waals surface area contributed by atoms with E-state index in [1.165, 1.54) is 4.31 Å². The normalized spacial score (nSPS) is 21.7. The van der Waals surface area contributed by atoms with E-state index in [2.05, 4.69) is 0 Å². The molecule has 2 aromatic carbocycles. The van der Waals surface area contributed by atoms with Crippen LogP contribution in [0.15, 0.2) is 59.5 Å². The highest BCUT2D eigenvalue weighted by molar-refractivity contribution is 7.89. The zero-order chi connectivity index (χ0) is 19.3. The van der Waals surface area contributed by atoms with Crippen LogP contribution in [0.25, 0.3) is 0 Å². The summed E-state index contributed by atoms with van der Waals surface area (Å²) in [6, 6.07) is 16.4. The minimum atomic E-state index is -3.71. The number of sulfonamides is 1. The van der Waals surface area contributed by atoms with Crippen LogP contribution in [0.4, 0.5) is 0 Å². The molecule has 1 heterocycles. The smallest absolute Gasteiger partial charge is 0.243 e. The van der Waals surface area contributed by atoms with Crippen LogP contribution in [0, 0.1) is 6.92 Å². The molecule has 0 aliphatic carbocycles. The third-order valence-electron chi connectivity index (χ3n) is 4.42. The Balaban J connectivity index is 1.66. The number of β-amino-alcohol motifs (C(OH)–C–C–N with tert-alkyl or cyclic N) is 1. The molecule has 1 aliphatic rings. The lowest BCUT2D eigenvalue weighted by Gasteiger charge is -2.24. The molecule has 3 rings (SSSR count). The van der Waals surface area contributed by atoms with Gasteiger partial charge in [-0.3, -0.25) is 0 Å². The molecular formula is C20H25NO5S. The highest BCUT2D eigenvalue weighted by Gasteiger charge is 2.32. The SMILES string of the molecule is Cc1ccc(S(=O)(=O)N2C[C@@H](O)CO[C@H](COCc3ccccc3)C2)cc1. The zero-order valence-electron chi connectivity index (χ0n) is 15.3. The number of aryl methyl sites for hydroxylation is 1. The van der Waals surface area contributed by atoms with Gasteiger partial charge in [0.15, 0.2) is 0 Å². The molecule has 0 bridgehead atoms. The van der Waals surface area contributed by atoms with Gasteiger partial charge in [0.25, 0.3) is 0 Å². The molecule has 1 N–H and O–H groups in total. The van der Waals surface area contributed by atoms with E-state index in [0.29, 0.717) is 6.61 Å². The Hall–Kier alpha value is -1.77. The molecule has 146 valence electrons. The van der Waals surface area contributed by atoms with Gasteiger partial charge in [-0.05, 0) is 24.6 Å². The van der Waals surface area contributed by atoms with Crippen LogP contribution in [-0.4, -0.2) is 56.3 Å². The Morgan fingerprint density at radius 3 is 2.52 bits per heavy atom. The summed E-state index contributed by atoms with van der Waals surface area (Å²) in [4.78, 5) is 0.214. The van der Waals surface area contributed by atoms with E-state index >= 15 is 0 Å². The molecule has 6 nitrogen and oxygen atoms in total. The first-order chi connectivity index (χ1) is 12.9. The number of benzene rings is 2. The predicted octanol–water partition coefficient (Wildman–Crippen LogP) is 1.96. The maximum absolute atomic E-state index is 13.0. The lowest BCUT2D eigenvalue weighted by atomic mass is 10.2. The minimum absolute atomic E-state index is 0.00535. The van der Waals surface area contributed by atoms with Crippen molar-refractivity contribution in [2.45, 2.75) is 30.6 Å². The first-order valence-corrected chi connectivity index (χ1v) is 10.4. The Bertz CT molecular complexity index is 823. The molecule has 0 saturated carbocycles. The van der Waals surface area contributed by atoms with E-state index < -0.39 is 22.2 Å². The van der Waals surface area contributed by atoms with Crippen molar-refractivity contribution >= 4 is 10.0 Å². The van der Waals surface area contributed by atoms with E-state index in [9.17, 15) is 13.5 Å². The molecule has 0 radical (unpaired) electrons. The quantitative estimate of drug-likeness (QED) is 0.815. The van der Waals surface area contributed by atoms with Gasteiger partial charge in [0, 0.05) is 13.1 Å². The van der Waals surface area contributed by atoms with Crippen molar-refractivity contribution in [2.24, 2.45) is 0 Å². The van der Waals surface area contributed by atoms with Gasteiger partial charge in [0.1, 0.15) is 0 Å². The summed E-state index contributed by atoms with van der Waals surface area (Å²) in [5, 5.41) is 10.1. The van der Waals surface area contributed by atoms with Crippen molar-refractivity contribution < 1.29 is 23.0 Å². The fraction of sp³-hybridized carbons (Fsp3) is 0.400. The average Bonchev–Trinajstić information content (AvgIpc) is 2.85. The van der Waals surface area contributed by atoms with Crippen LogP contribution in [0.2, 0.25) is 0 Å². The molecule has 1 saturated heterocycles. The summed E-state index contributed by atoms with van der Waals surface area (Å²) < 4.78 is 38.6. The van der Waals surface area contributed by atoms with Crippen LogP contribution < -0.4 is 0 Å². The fourth-order valence-corrected chi connectivity index (χ4v) is 4.44. The summed E-state index contributed by atoms with van der Waals surface area (Å²) in [6.07, 6.45) is -1.31. The Morgan fingerprint density at radius 1 is 1.11 bits per heavy atom. The Kier molecular flexibility index (Phi) is 6.62. The summed E-state index contributed by atoms with van der Waals surface area (Å²) in [6.45, 7) is 2.81. The number of nitrogens with zero attached hydrogens (tertiary/aromatic N) is 1. The molecule has 1 aliphatic heterocycles.